The van der Waals surface area contributed by atoms with E-state index >= 15 is 0 Å². The highest BCUT2D eigenvalue weighted by molar-refractivity contribution is 5.87. The zero-order chi connectivity index (χ0) is 15.8. The summed E-state index contributed by atoms with van der Waals surface area (Å²) in [5.74, 6) is 1.14. The second-order valence-electron chi connectivity index (χ2n) is 6.59. The zero-order valence-electron chi connectivity index (χ0n) is 13.7. The summed E-state index contributed by atoms with van der Waals surface area (Å²) >= 11 is 0. The van der Waals surface area contributed by atoms with E-state index in [-0.39, 0.29) is 24.3 Å². The molecule has 5 nitrogen and oxygen atoms in total. The van der Waals surface area contributed by atoms with E-state index in [2.05, 4.69) is 17.6 Å². The van der Waals surface area contributed by atoms with Crippen LogP contribution < -0.4 is 16.4 Å². The fraction of sp³-hybridized carbons (Fsp3) is 0.875. The Morgan fingerprint density at radius 3 is 2.19 bits per heavy atom. The van der Waals surface area contributed by atoms with Crippen LogP contribution in [0.5, 0.6) is 0 Å². The summed E-state index contributed by atoms with van der Waals surface area (Å²) in [6.07, 6.45) is 6.21. The van der Waals surface area contributed by atoms with E-state index in [0.717, 1.165) is 12.5 Å². The lowest BCUT2D eigenvalue weighted by molar-refractivity contribution is -0.127. The minimum atomic E-state index is -0.554. The van der Waals surface area contributed by atoms with E-state index in [4.69, 9.17) is 5.73 Å². The van der Waals surface area contributed by atoms with Crippen molar-refractivity contribution < 1.29 is 9.59 Å². The number of nitrogens with one attached hydrogen (secondary N) is 2. The second kappa shape index (κ2) is 9.03. The Hall–Kier alpha value is -1.10. The number of carbonyl (C=O) groups excluding carboxylic acids is 2. The Bertz CT molecular complexity index is 336. The standard InChI is InChI=1S/C16H31N3O2/c1-4-12-5-7-13(8-6-12)9-18-14(20)10-19-16(21)15(17)11(2)3/h11-13,15H,4-10,17H2,1-3H3,(H,18,20)(H,19,21)/t12?,13?,15-/m0/s1. The first kappa shape index (κ1) is 18.0. The number of rotatable bonds is 7. The van der Waals surface area contributed by atoms with Gasteiger partial charge in [-0.25, -0.2) is 0 Å². The van der Waals surface area contributed by atoms with Gasteiger partial charge < -0.3 is 16.4 Å². The predicted molar refractivity (Wildman–Crippen MR) is 84.6 cm³/mol. The van der Waals surface area contributed by atoms with E-state index in [1.807, 2.05) is 13.8 Å². The molecule has 122 valence electrons. The highest BCUT2D eigenvalue weighted by Gasteiger charge is 2.21. The Labute approximate surface area is 128 Å². The maximum absolute atomic E-state index is 11.7. The lowest BCUT2D eigenvalue weighted by atomic mass is 9.81. The summed E-state index contributed by atoms with van der Waals surface area (Å²) in [5, 5.41) is 5.51. The monoisotopic (exact) mass is 297 g/mol. The molecule has 1 atom stereocenters. The maximum Gasteiger partial charge on any atom is 0.239 e. The largest absolute Gasteiger partial charge is 0.354 e. The highest BCUT2D eigenvalue weighted by atomic mass is 16.2. The molecular formula is C16H31N3O2. The molecule has 1 fully saturated rings. The second-order valence-corrected chi connectivity index (χ2v) is 6.59. The van der Waals surface area contributed by atoms with Gasteiger partial charge in [-0.1, -0.05) is 40.0 Å². The van der Waals surface area contributed by atoms with Crippen molar-refractivity contribution in [1.82, 2.24) is 10.6 Å². The number of amides is 2. The van der Waals surface area contributed by atoms with Crippen LogP contribution in [0.3, 0.4) is 0 Å². The molecule has 0 radical (unpaired) electrons. The summed E-state index contributed by atoms with van der Waals surface area (Å²) in [6, 6.07) is -0.554. The van der Waals surface area contributed by atoms with Crippen LogP contribution in [-0.4, -0.2) is 30.9 Å². The van der Waals surface area contributed by atoms with Gasteiger partial charge >= 0.3 is 0 Å². The van der Waals surface area contributed by atoms with Crippen LogP contribution in [0.2, 0.25) is 0 Å². The van der Waals surface area contributed by atoms with Gasteiger partial charge in [0.25, 0.3) is 0 Å². The van der Waals surface area contributed by atoms with Gasteiger partial charge in [0, 0.05) is 6.54 Å². The van der Waals surface area contributed by atoms with E-state index < -0.39 is 6.04 Å². The Balaban J connectivity index is 2.16. The van der Waals surface area contributed by atoms with Crippen LogP contribution in [0, 0.1) is 17.8 Å². The van der Waals surface area contributed by atoms with Gasteiger partial charge in [-0.3, -0.25) is 9.59 Å². The van der Waals surface area contributed by atoms with Crippen LogP contribution in [-0.2, 0) is 9.59 Å². The van der Waals surface area contributed by atoms with Crippen molar-refractivity contribution in [3.8, 4) is 0 Å². The molecule has 0 heterocycles. The minimum Gasteiger partial charge on any atom is -0.354 e. The third-order valence-electron chi connectivity index (χ3n) is 4.58. The molecule has 0 bridgehead atoms. The fourth-order valence-corrected chi connectivity index (χ4v) is 2.75. The molecule has 0 aromatic carbocycles. The quantitative estimate of drug-likeness (QED) is 0.664. The Kier molecular flexibility index (Phi) is 7.72. The van der Waals surface area contributed by atoms with Crippen molar-refractivity contribution in [2.45, 2.75) is 58.9 Å². The lowest BCUT2D eigenvalue weighted by Gasteiger charge is -2.27. The van der Waals surface area contributed by atoms with E-state index in [9.17, 15) is 9.59 Å². The highest BCUT2D eigenvalue weighted by Crippen LogP contribution is 2.29. The average Bonchev–Trinajstić information content (AvgIpc) is 2.50. The van der Waals surface area contributed by atoms with Gasteiger partial charge in [0.15, 0.2) is 0 Å². The number of nitrogens with two attached hydrogens (primary N) is 1. The molecule has 0 unspecified atom stereocenters. The van der Waals surface area contributed by atoms with Gasteiger partial charge in [0.1, 0.15) is 0 Å². The predicted octanol–water partition coefficient (Wildman–Crippen LogP) is 1.42. The number of hydrogen-bond acceptors (Lipinski definition) is 3. The third kappa shape index (κ3) is 6.46. The van der Waals surface area contributed by atoms with Crippen molar-refractivity contribution >= 4 is 11.8 Å². The Morgan fingerprint density at radius 2 is 1.67 bits per heavy atom. The van der Waals surface area contributed by atoms with E-state index in [1.54, 1.807) is 0 Å². The normalized spacial score (nSPS) is 23.7. The number of carbonyl (C=O) groups is 2. The van der Waals surface area contributed by atoms with Gasteiger partial charge in [0.2, 0.25) is 11.8 Å². The molecule has 2 amide bonds. The first-order chi connectivity index (χ1) is 9.93. The van der Waals surface area contributed by atoms with Gasteiger partial charge in [-0.15, -0.1) is 0 Å². The van der Waals surface area contributed by atoms with Crippen molar-refractivity contribution in [3.05, 3.63) is 0 Å². The van der Waals surface area contributed by atoms with E-state index in [1.165, 1.54) is 32.1 Å². The van der Waals surface area contributed by atoms with Crippen LogP contribution in [0.1, 0.15) is 52.9 Å². The van der Waals surface area contributed by atoms with Crippen LogP contribution in [0.4, 0.5) is 0 Å². The van der Waals surface area contributed by atoms with Crippen LogP contribution in [0.15, 0.2) is 0 Å². The van der Waals surface area contributed by atoms with Gasteiger partial charge in [-0.2, -0.15) is 0 Å². The molecule has 0 aromatic heterocycles. The van der Waals surface area contributed by atoms with Crippen LogP contribution >= 0.6 is 0 Å². The molecular weight excluding hydrogens is 266 g/mol. The third-order valence-corrected chi connectivity index (χ3v) is 4.58. The molecule has 5 heteroatoms. The maximum atomic E-state index is 11.7. The smallest absolute Gasteiger partial charge is 0.239 e. The molecule has 21 heavy (non-hydrogen) atoms. The summed E-state index contributed by atoms with van der Waals surface area (Å²) in [7, 11) is 0. The molecule has 1 aliphatic rings. The first-order valence-electron chi connectivity index (χ1n) is 8.24. The van der Waals surface area contributed by atoms with Crippen LogP contribution in [0.25, 0.3) is 0 Å². The van der Waals surface area contributed by atoms with Gasteiger partial charge in [-0.05, 0) is 30.6 Å². The Morgan fingerprint density at radius 1 is 1.10 bits per heavy atom. The summed E-state index contributed by atoms with van der Waals surface area (Å²) in [4.78, 5) is 23.4. The van der Waals surface area contributed by atoms with E-state index in [0.29, 0.717) is 5.92 Å². The van der Waals surface area contributed by atoms with Crippen molar-refractivity contribution in [1.29, 1.82) is 0 Å². The topological polar surface area (TPSA) is 84.2 Å². The molecule has 0 spiro atoms. The minimum absolute atomic E-state index is 0.0174. The fourth-order valence-electron chi connectivity index (χ4n) is 2.75. The summed E-state index contributed by atoms with van der Waals surface area (Å²) in [5.41, 5.74) is 5.72. The first-order valence-corrected chi connectivity index (χ1v) is 8.24. The number of hydrogen-bond donors (Lipinski definition) is 3. The lowest BCUT2D eigenvalue weighted by Crippen LogP contribution is -2.47. The van der Waals surface area contributed by atoms with Crippen molar-refractivity contribution in [2.75, 3.05) is 13.1 Å². The molecule has 1 aliphatic carbocycles. The zero-order valence-corrected chi connectivity index (χ0v) is 13.7. The molecule has 0 aliphatic heterocycles. The van der Waals surface area contributed by atoms with Crippen molar-refractivity contribution in [2.24, 2.45) is 23.5 Å². The summed E-state index contributed by atoms with van der Waals surface area (Å²) in [6.45, 7) is 6.76. The van der Waals surface area contributed by atoms with Crippen molar-refractivity contribution in [3.63, 3.8) is 0 Å². The van der Waals surface area contributed by atoms with Gasteiger partial charge in [0.05, 0.1) is 12.6 Å². The SMILES string of the molecule is CCC1CCC(CNC(=O)CNC(=O)[C@@H](N)C(C)C)CC1. The molecule has 4 N–H and O–H groups in total. The summed E-state index contributed by atoms with van der Waals surface area (Å²) < 4.78 is 0. The molecule has 1 saturated carbocycles. The average molecular weight is 297 g/mol. The molecule has 0 aromatic rings. The molecule has 0 saturated heterocycles. The molecule has 1 rings (SSSR count).